The maximum Gasteiger partial charge on any atom is 0.142 e. The number of thioether (sulfide) groups is 2. The minimum absolute atomic E-state index is 0.114. The highest BCUT2D eigenvalue weighted by Crippen LogP contribution is 2.44. The lowest BCUT2D eigenvalue weighted by Gasteiger charge is -2.22. The van der Waals surface area contributed by atoms with Gasteiger partial charge in [0.05, 0.1) is 9.79 Å². The average molecular weight is 270 g/mol. The van der Waals surface area contributed by atoms with E-state index in [-0.39, 0.29) is 9.49 Å². The zero-order valence-electron chi connectivity index (χ0n) is 11.5. The normalized spacial score (nSPS) is 12.8. The number of para-hydroxylation sites is 1. The maximum atomic E-state index is 10.3. The molecule has 1 aromatic carbocycles. The predicted molar refractivity (Wildman–Crippen MR) is 79.3 cm³/mol. The van der Waals surface area contributed by atoms with E-state index in [0.29, 0.717) is 5.75 Å². The van der Waals surface area contributed by atoms with Gasteiger partial charge in [-0.3, -0.25) is 0 Å². The fraction of sp³-hybridized carbons (Fsp3) is 0.571. The van der Waals surface area contributed by atoms with Crippen molar-refractivity contribution in [3.05, 3.63) is 18.2 Å². The monoisotopic (exact) mass is 270 g/mol. The Bertz CT molecular complexity index is 352. The van der Waals surface area contributed by atoms with Gasteiger partial charge in [0.1, 0.15) is 5.75 Å². The summed E-state index contributed by atoms with van der Waals surface area (Å²) < 4.78 is 0.227. The van der Waals surface area contributed by atoms with Crippen LogP contribution in [0.3, 0.4) is 0 Å². The van der Waals surface area contributed by atoms with Crippen LogP contribution in [0.1, 0.15) is 41.5 Å². The molecule has 0 spiro atoms. The number of phenols is 1. The zero-order valence-corrected chi connectivity index (χ0v) is 13.1. The van der Waals surface area contributed by atoms with E-state index < -0.39 is 0 Å². The second-order valence-electron chi connectivity index (χ2n) is 6.03. The van der Waals surface area contributed by atoms with Crippen molar-refractivity contribution in [3.8, 4) is 5.75 Å². The second kappa shape index (κ2) is 5.15. The predicted octanol–water partition coefficient (Wildman–Crippen LogP) is 5.17. The molecule has 0 heterocycles. The lowest BCUT2D eigenvalue weighted by molar-refractivity contribution is 0.448. The molecule has 0 aliphatic heterocycles. The van der Waals surface area contributed by atoms with Crippen LogP contribution < -0.4 is 0 Å². The van der Waals surface area contributed by atoms with Crippen LogP contribution >= 0.6 is 23.5 Å². The number of rotatable bonds is 2. The van der Waals surface area contributed by atoms with Gasteiger partial charge in [-0.05, 0) is 12.1 Å². The SMILES string of the molecule is CC(C)(C)Sc1cccc(SC(C)(C)C)c1O. The number of hydrogen-bond acceptors (Lipinski definition) is 3. The lowest BCUT2D eigenvalue weighted by Crippen LogP contribution is -2.08. The van der Waals surface area contributed by atoms with Crippen molar-refractivity contribution in [2.24, 2.45) is 0 Å². The van der Waals surface area contributed by atoms with Crippen LogP contribution in [0.5, 0.6) is 5.75 Å². The van der Waals surface area contributed by atoms with Crippen molar-refractivity contribution < 1.29 is 5.11 Å². The van der Waals surface area contributed by atoms with E-state index in [0.717, 1.165) is 9.79 Å². The Balaban J connectivity index is 3.00. The molecule has 1 nitrogen and oxygen atoms in total. The van der Waals surface area contributed by atoms with Crippen LogP contribution in [0, 0.1) is 0 Å². The van der Waals surface area contributed by atoms with Gasteiger partial charge in [-0.1, -0.05) is 47.6 Å². The molecule has 17 heavy (non-hydrogen) atoms. The third-order valence-electron chi connectivity index (χ3n) is 1.79. The lowest BCUT2D eigenvalue weighted by atomic mass is 10.3. The van der Waals surface area contributed by atoms with Crippen LogP contribution in [0.4, 0.5) is 0 Å². The summed E-state index contributed by atoms with van der Waals surface area (Å²) in [5.74, 6) is 0.423. The largest absolute Gasteiger partial charge is 0.506 e. The molecule has 1 aromatic rings. The fourth-order valence-electron chi connectivity index (χ4n) is 1.33. The van der Waals surface area contributed by atoms with Crippen molar-refractivity contribution in [3.63, 3.8) is 0 Å². The first-order valence-electron chi connectivity index (χ1n) is 5.78. The Kier molecular flexibility index (Phi) is 4.48. The summed E-state index contributed by atoms with van der Waals surface area (Å²) in [7, 11) is 0. The summed E-state index contributed by atoms with van der Waals surface area (Å²) in [6.07, 6.45) is 0. The number of benzene rings is 1. The molecule has 3 heteroatoms. The van der Waals surface area contributed by atoms with Crippen LogP contribution in [0.15, 0.2) is 28.0 Å². The Labute approximate surface area is 113 Å². The van der Waals surface area contributed by atoms with Gasteiger partial charge in [0.2, 0.25) is 0 Å². The molecule has 96 valence electrons. The van der Waals surface area contributed by atoms with E-state index in [2.05, 4.69) is 41.5 Å². The summed E-state index contributed by atoms with van der Waals surface area (Å²) in [6, 6.07) is 5.98. The van der Waals surface area contributed by atoms with E-state index in [1.807, 2.05) is 18.2 Å². The van der Waals surface area contributed by atoms with Crippen LogP contribution in [0.2, 0.25) is 0 Å². The molecule has 0 radical (unpaired) electrons. The number of aromatic hydroxyl groups is 1. The van der Waals surface area contributed by atoms with Crippen LogP contribution in [-0.2, 0) is 0 Å². The number of hydrogen-bond donors (Lipinski definition) is 1. The first kappa shape index (κ1) is 14.8. The van der Waals surface area contributed by atoms with E-state index in [1.165, 1.54) is 0 Å². The summed E-state index contributed by atoms with van der Waals surface area (Å²) in [5, 5.41) is 10.3. The van der Waals surface area contributed by atoms with Gasteiger partial charge >= 0.3 is 0 Å². The molecule has 0 aromatic heterocycles. The quantitative estimate of drug-likeness (QED) is 0.748. The molecule has 0 unspecified atom stereocenters. The minimum atomic E-state index is 0.114. The molecule has 0 saturated carbocycles. The fourth-order valence-corrected chi connectivity index (χ4v) is 3.42. The van der Waals surface area contributed by atoms with E-state index >= 15 is 0 Å². The van der Waals surface area contributed by atoms with Gasteiger partial charge in [-0.2, -0.15) is 0 Å². The molecular weight excluding hydrogens is 248 g/mol. The van der Waals surface area contributed by atoms with Gasteiger partial charge < -0.3 is 5.11 Å². The number of phenolic OH excluding ortho intramolecular Hbond substituents is 1. The van der Waals surface area contributed by atoms with Crippen molar-refractivity contribution in [2.75, 3.05) is 0 Å². The first-order valence-corrected chi connectivity index (χ1v) is 7.42. The van der Waals surface area contributed by atoms with Crippen LogP contribution in [0.25, 0.3) is 0 Å². The zero-order chi connectivity index (χ0) is 13.3. The van der Waals surface area contributed by atoms with Crippen molar-refractivity contribution in [1.29, 1.82) is 0 Å². The Morgan fingerprint density at radius 3 is 1.47 bits per heavy atom. The molecule has 0 amide bonds. The highest BCUT2D eigenvalue weighted by atomic mass is 32.2. The molecule has 0 bridgehead atoms. The van der Waals surface area contributed by atoms with Crippen molar-refractivity contribution in [2.45, 2.75) is 60.8 Å². The van der Waals surface area contributed by atoms with Crippen LogP contribution in [-0.4, -0.2) is 14.6 Å². The van der Waals surface area contributed by atoms with Gasteiger partial charge in [0.25, 0.3) is 0 Å². The smallest absolute Gasteiger partial charge is 0.142 e. The molecule has 0 aliphatic rings. The van der Waals surface area contributed by atoms with Crippen molar-refractivity contribution >= 4 is 23.5 Å². The minimum Gasteiger partial charge on any atom is -0.506 e. The third-order valence-corrected chi connectivity index (χ3v) is 4.12. The molecular formula is C14H22OS2. The maximum absolute atomic E-state index is 10.3. The third kappa shape index (κ3) is 5.26. The van der Waals surface area contributed by atoms with E-state index in [4.69, 9.17) is 0 Å². The average Bonchev–Trinajstić information content (AvgIpc) is 2.07. The van der Waals surface area contributed by atoms with Gasteiger partial charge in [-0.15, -0.1) is 23.5 Å². The Hall–Kier alpha value is -0.280. The Morgan fingerprint density at radius 2 is 1.18 bits per heavy atom. The van der Waals surface area contributed by atoms with Gasteiger partial charge in [0.15, 0.2) is 0 Å². The highest BCUT2D eigenvalue weighted by Gasteiger charge is 2.19. The van der Waals surface area contributed by atoms with E-state index in [9.17, 15) is 5.11 Å². The summed E-state index contributed by atoms with van der Waals surface area (Å²) >= 11 is 3.41. The standard InChI is InChI=1S/C14H22OS2/c1-13(2,3)16-10-8-7-9-11(12(10)15)17-14(4,5)6/h7-9,15H,1-6H3. The first-order chi connectivity index (χ1) is 7.58. The molecule has 0 saturated heterocycles. The molecule has 0 fully saturated rings. The molecule has 1 N–H and O–H groups in total. The molecule has 0 aliphatic carbocycles. The summed E-state index contributed by atoms with van der Waals surface area (Å²) in [4.78, 5) is 1.93. The van der Waals surface area contributed by atoms with Gasteiger partial charge in [-0.25, -0.2) is 0 Å². The second-order valence-corrected chi connectivity index (χ2v) is 9.77. The summed E-state index contributed by atoms with van der Waals surface area (Å²) in [6.45, 7) is 12.9. The molecule has 1 rings (SSSR count). The van der Waals surface area contributed by atoms with E-state index in [1.54, 1.807) is 23.5 Å². The van der Waals surface area contributed by atoms with Gasteiger partial charge in [0, 0.05) is 9.49 Å². The Morgan fingerprint density at radius 1 is 0.824 bits per heavy atom. The highest BCUT2D eigenvalue weighted by molar-refractivity contribution is 8.01. The molecule has 0 atom stereocenters. The summed E-state index contributed by atoms with van der Waals surface area (Å²) in [5.41, 5.74) is 0. The topological polar surface area (TPSA) is 20.2 Å². The van der Waals surface area contributed by atoms with Crippen molar-refractivity contribution in [1.82, 2.24) is 0 Å².